The quantitative estimate of drug-likeness (QED) is 0.150. The van der Waals surface area contributed by atoms with Gasteiger partial charge in [0.25, 0.3) is 0 Å². The highest BCUT2D eigenvalue weighted by atomic mass is 79.9. The fourth-order valence-corrected chi connectivity index (χ4v) is 2.52. The average Bonchev–Trinajstić information content (AvgIpc) is 2.78. The van der Waals surface area contributed by atoms with Crippen molar-refractivity contribution in [3.05, 3.63) is 0 Å². The van der Waals surface area contributed by atoms with Crippen molar-refractivity contribution in [2.24, 2.45) is 0 Å². The Morgan fingerprint density at radius 2 is 1.31 bits per heavy atom. The molecule has 0 aromatic carbocycles. The van der Waals surface area contributed by atoms with Gasteiger partial charge in [-0.25, -0.2) is 4.79 Å². The van der Waals surface area contributed by atoms with Crippen molar-refractivity contribution >= 4 is 39.6 Å². The molecule has 0 fully saturated rings. The minimum atomic E-state index is -1.05. The number of carbonyl (C=O) groups is 4. The Labute approximate surface area is 197 Å². The number of nitrogens with zero attached hydrogens (tertiary/aromatic N) is 1. The fourth-order valence-electron chi connectivity index (χ4n) is 2.32. The lowest BCUT2D eigenvalue weighted by Gasteiger charge is -2.21. The Hall–Kier alpha value is -1.76. The molecule has 0 aromatic heterocycles. The van der Waals surface area contributed by atoms with Gasteiger partial charge in [-0.2, -0.15) is 0 Å². The zero-order valence-corrected chi connectivity index (χ0v) is 20.5. The lowest BCUT2D eigenvalue weighted by atomic mass is 10.1. The number of hydrogen-bond acceptors (Lipinski definition) is 7. The predicted octanol–water partition coefficient (Wildman–Crippen LogP) is 0.155. The van der Waals surface area contributed by atoms with Crippen LogP contribution in [0, 0.1) is 0 Å². The van der Waals surface area contributed by atoms with Crippen LogP contribution >= 0.6 is 15.9 Å². The maximum Gasteiger partial charge on any atom is 0.326 e. The lowest BCUT2D eigenvalue weighted by Crippen LogP contribution is -2.40. The number of amides is 3. The van der Waals surface area contributed by atoms with Gasteiger partial charge in [0.1, 0.15) is 6.04 Å². The molecule has 0 aromatic rings. The van der Waals surface area contributed by atoms with E-state index in [2.05, 4.69) is 26.6 Å². The maximum absolute atomic E-state index is 11.9. The maximum atomic E-state index is 11.9. The van der Waals surface area contributed by atoms with Crippen molar-refractivity contribution in [2.75, 3.05) is 65.1 Å². The number of alkyl halides is 1. The van der Waals surface area contributed by atoms with Crippen LogP contribution in [-0.2, 0) is 33.4 Å². The number of ether oxygens (including phenoxy) is 3. The number of carboxylic acid groups (broad SMARTS) is 1. The lowest BCUT2D eigenvalue weighted by molar-refractivity contribution is -0.148. The summed E-state index contributed by atoms with van der Waals surface area (Å²) >= 11 is 3.05. The summed E-state index contributed by atoms with van der Waals surface area (Å²) < 4.78 is 16.0. The molecule has 11 nitrogen and oxygen atoms in total. The molecule has 1 atom stereocenters. The van der Waals surface area contributed by atoms with E-state index in [-0.39, 0.29) is 29.5 Å². The van der Waals surface area contributed by atoms with Gasteiger partial charge in [-0.05, 0) is 19.8 Å². The SMILES string of the molecule is C[C@@H](C(=O)O)N(C)C(=O)CCCCC(=O)NCCOCCOCCOCCNC(=O)CBr. The van der Waals surface area contributed by atoms with Crippen LogP contribution in [-0.4, -0.2) is 105 Å². The normalized spacial score (nSPS) is 11.6. The molecule has 0 bridgehead atoms. The number of rotatable bonds is 20. The van der Waals surface area contributed by atoms with Crippen molar-refractivity contribution in [1.82, 2.24) is 15.5 Å². The van der Waals surface area contributed by atoms with E-state index in [4.69, 9.17) is 19.3 Å². The molecule has 0 aliphatic carbocycles. The molecule has 12 heteroatoms. The summed E-state index contributed by atoms with van der Waals surface area (Å²) in [5, 5.41) is 14.6. The average molecular weight is 526 g/mol. The molecule has 0 saturated heterocycles. The van der Waals surface area contributed by atoms with Gasteiger partial charge in [-0.1, -0.05) is 15.9 Å². The van der Waals surface area contributed by atoms with Gasteiger partial charge in [-0.15, -0.1) is 0 Å². The Bertz CT molecular complexity index is 565. The first-order valence-corrected chi connectivity index (χ1v) is 11.7. The first kappa shape index (κ1) is 30.2. The van der Waals surface area contributed by atoms with Crippen LogP contribution in [0.1, 0.15) is 32.6 Å². The molecule has 0 spiro atoms. The van der Waals surface area contributed by atoms with E-state index in [1.165, 1.54) is 18.9 Å². The molecule has 0 heterocycles. The molecule has 0 radical (unpaired) electrons. The number of nitrogens with one attached hydrogen (secondary N) is 2. The highest BCUT2D eigenvalue weighted by molar-refractivity contribution is 9.09. The highest BCUT2D eigenvalue weighted by Gasteiger charge is 2.20. The van der Waals surface area contributed by atoms with Gasteiger partial charge >= 0.3 is 5.97 Å². The molecular formula is C20H36BrN3O8. The molecule has 0 unspecified atom stereocenters. The van der Waals surface area contributed by atoms with E-state index in [0.29, 0.717) is 72.0 Å². The van der Waals surface area contributed by atoms with Gasteiger partial charge < -0.3 is 34.9 Å². The second-order valence-corrected chi connectivity index (χ2v) is 7.46. The predicted molar refractivity (Wildman–Crippen MR) is 121 cm³/mol. The summed E-state index contributed by atoms with van der Waals surface area (Å²) in [4.78, 5) is 46.7. The standard InChI is InChI=1S/C20H36BrN3O8/c1-16(20(28)29)24(2)19(27)6-4-3-5-17(25)22-7-9-30-11-13-32-14-12-31-10-8-23-18(26)15-21/h16H,3-15H2,1-2H3,(H,22,25)(H,23,26)(H,28,29)/t16-/m0/s1. The summed E-state index contributed by atoms with van der Waals surface area (Å²) in [5.41, 5.74) is 0. The highest BCUT2D eigenvalue weighted by Crippen LogP contribution is 2.05. The number of likely N-dealkylation sites (N-methyl/N-ethyl adjacent to an activating group) is 1. The van der Waals surface area contributed by atoms with Crippen molar-refractivity contribution in [3.8, 4) is 0 Å². The molecular weight excluding hydrogens is 490 g/mol. The molecule has 0 saturated carbocycles. The summed E-state index contributed by atoms with van der Waals surface area (Å²) in [6.07, 6.45) is 1.58. The minimum Gasteiger partial charge on any atom is -0.480 e. The van der Waals surface area contributed by atoms with E-state index in [9.17, 15) is 19.2 Å². The Balaban J connectivity index is 3.44. The van der Waals surface area contributed by atoms with E-state index in [0.717, 1.165) is 0 Å². The zero-order valence-electron chi connectivity index (χ0n) is 18.9. The van der Waals surface area contributed by atoms with Gasteiger partial charge in [0.2, 0.25) is 17.7 Å². The largest absolute Gasteiger partial charge is 0.480 e. The van der Waals surface area contributed by atoms with Crippen LogP contribution in [0.15, 0.2) is 0 Å². The van der Waals surface area contributed by atoms with E-state index in [1.807, 2.05) is 0 Å². The van der Waals surface area contributed by atoms with Crippen molar-refractivity contribution in [3.63, 3.8) is 0 Å². The summed E-state index contributed by atoms with van der Waals surface area (Å²) in [6.45, 7) is 4.78. The summed E-state index contributed by atoms with van der Waals surface area (Å²) in [6, 6.07) is -0.867. The second kappa shape index (κ2) is 19.9. The Morgan fingerprint density at radius 1 is 0.844 bits per heavy atom. The third-order valence-electron chi connectivity index (χ3n) is 4.38. The van der Waals surface area contributed by atoms with Crippen LogP contribution in [0.4, 0.5) is 0 Å². The van der Waals surface area contributed by atoms with Crippen molar-refractivity contribution in [2.45, 2.75) is 38.6 Å². The minimum absolute atomic E-state index is 0.0811. The smallest absolute Gasteiger partial charge is 0.326 e. The molecule has 3 amide bonds. The monoisotopic (exact) mass is 525 g/mol. The van der Waals surface area contributed by atoms with Gasteiger partial charge in [-0.3, -0.25) is 14.4 Å². The van der Waals surface area contributed by atoms with Gasteiger partial charge in [0.05, 0.1) is 45.0 Å². The first-order valence-electron chi connectivity index (χ1n) is 10.6. The number of carbonyl (C=O) groups excluding carboxylic acids is 3. The van der Waals surface area contributed by atoms with Crippen molar-refractivity contribution < 1.29 is 38.5 Å². The van der Waals surface area contributed by atoms with Crippen molar-refractivity contribution in [1.29, 1.82) is 0 Å². The summed E-state index contributed by atoms with van der Waals surface area (Å²) in [5.74, 6) is -1.50. The number of aliphatic carboxylic acids is 1. The van der Waals surface area contributed by atoms with Crippen LogP contribution in [0.2, 0.25) is 0 Å². The number of halogens is 1. The van der Waals surface area contributed by atoms with Crippen LogP contribution < -0.4 is 10.6 Å². The van der Waals surface area contributed by atoms with Crippen LogP contribution in [0.3, 0.4) is 0 Å². The fraction of sp³-hybridized carbons (Fsp3) is 0.800. The number of unbranched alkanes of at least 4 members (excludes halogenated alkanes) is 1. The van der Waals surface area contributed by atoms with Gasteiger partial charge in [0, 0.05) is 33.0 Å². The Kier molecular flexibility index (Phi) is 18.8. The topological polar surface area (TPSA) is 144 Å². The first-order chi connectivity index (χ1) is 15.3. The number of carboxylic acids is 1. The third kappa shape index (κ3) is 16.9. The van der Waals surface area contributed by atoms with E-state index < -0.39 is 12.0 Å². The van der Waals surface area contributed by atoms with Gasteiger partial charge in [0.15, 0.2) is 0 Å². The van der Waals surface area contributed by atoms with Crippen LogP contribution in [0.5, 0.6) is 0 Å². The molecule has 0 rings (SSSR count). The molecule has 32 heavy (non-hydrogen) atoms. The van der Waals surface area contributed by atoms with Crippen LogP contribution in [0.25, 0.3) is 0 Å². The summed E-state index contributed by atoms with van der Waals surface area (Å²) in [7, 11) is 1.46. The third-order valence-corrected chi connectivity index (χ3v) is 4.89. The molecule has 3 N–H and O–H groups in total. The van der Waals surface area contributed by atoms with E-state index >= 15 is 0 Å². The molecule has 0 aliphatic heterocycles. The van der Waals surface area contributed by atoms with E-state index in [1.54, 1.807) is 0 Å². The zero-order chi connectivity index (χ0) is 24.2. The molecule has 186 valence electrons. The Morgan fingerprint density at radius 3 is 1.81 bits per heavy atom. The second-order valence-electron chi connectivity index (χ2n) is 6.90. The number of hydrogen-bond donors (Lipinski definition) is 3. The molecule has 0 aliphatic rings.